The van der Waals surface area contributed by atoms with Crippen molar-refractivity contribution >= 4 is 28.9 Å². The second-order valence-corrected chi connectivity index (χ2v) is 7.29. The Morgan fingerprint density at radius 2 is 2.00 bits per heavy atom. The highest BCUT2D eigenvalue weighted by atomic mass is 35.5. The van der Waals surface area contributed by atoms with Crippen LogP contribution in [0, 0.1) is 6.92 Å². The Kier molecular flexibility index (Phi) is 6.67. The summed E-state index contributed by atoms with van der Waals surface area (Å²) in [5.41, 5.74) is 4.28. The highest BCUT2D eigenvalue weighted by molar-refractivity contribution is 6.32. The number of carbonyl (C=O) groups excluding carboxylic acids is 1. The Hall–Kier alpha value is -2.41. The lowest BCUT2D eigenvalue weighted by Crippen LogP contribution is -2.37. The number of rotatable bonds is 5. The number of nitrogens with zero attached hydrogens (tertiary/aromatic N) is 2. The number of halogens is 1. The molecule has 28 heavy (non-hydrogen) atoms. The molecule has 2 aromatic rings. The molecule has 1 aromatic heterocycles. The van der Waals surface area contributed by atoms with Gasteiger partial charge in [-0.3, -0.25) is 4.98 Å². The Morgan fingerprint density at radius 3 is 2.57 bits per heavy atom. The largest absolute Gasteiger partial charge is 0.396 e. The Morgan fingerprint density at radius 1 is 1.29 bits per heavy atom. The number of aliphatic hydroxyl groups excluding tert-OH is 2. The summed E-state index contributed by atoms with van der Waals surface area (Å²) in [4.78, 5) is 18.6. The molecule has 6 nitrogen and oxygen atoms in total. The minimum absolute atomic E-state index is 0.137. The van der Waals surface area contributed by atoms with Crippen LogP contribution in [-0.4, -0.2) is 52.4 Å². The summed E-state index contributed by atoms with van der Waals surface area (Å²) in [6, 6.07) is 9.28. The summed E-state index contributed by atoms with van der Waals surface area (Å²) < 4.78 is 0. The third-order valence-electron chi connectivity index (χ3n) is 4.88. The second kappa shape index (κ2) is 9.19. The minimum Gasteiger partial charge on any atom is -0.396 e. The molecule has 0 saturated carbocycles. The van der Waals surface area contributed by atoms with Gasteiger partial charge in [-0.1, -0.05) is 35.4 Å². The zero-order chi connectivity index (χ0) is 20.1. The topological polar surface area (TPSA) is 85.7 Å². The molecule has 1 aliphatic heterocycles. The van der Waals surface area contributed by atoms with Gasteiger partial charge in [0.15, 0.2) is 0 Å². The van der Waals surface area contributed by atoms with Crippen LogP contribution in [-0.2, 0) is 0 Å². The van der Waals surface area contributed by atoms with Crippen LogP contribution in [0.15, 0.2) is 42.6 Å². The third kappa shape index (κ3) is 4.70. The minimum atomic E-state index is -0.389. The van der Waals surface area contributed by atoms with E-state index in [1.54, 1.807) is 17.2 Å². The number of hydrogen-bond donors (Lipinski definition) is 3. The number of benzene rings is 1. The first kappa shape index (κ1) is 20.3. The van der Waals surface area contributed by atoms with Crippen LogP contribution in [0.3, 0.4) is 0 Å². The number of carbonyl (C=O) groups is 1. The van der Waals surface area contributed by atoms with E-state index in [1.807, 2.05) is 37.3 Å². The van der Waals surface area contributed by atoms with Gasteiger partial charge in [-0.2, -0.15) is 0 Å². The van der Waals surface area contributed by atoms with Crippen LogP contribution in [0.4, 0.5) is 10.5 Å². The molecular weight excluding hydrogens is 378 g/mol. The van der Waals surface area contributed by atoms with E-state index in [1.165, 1.54) is 0 Å². The van der Waals surface area contributed by atoms with E-state index in [4.69, 9.17) is 11.6 Å². The molecule has 3 rings (SSSR count). The lowest BCUT2D eigenvalue weighted by atomic mass is 10.00. The predicted octanol–water partition coefficient (Wildman–Crippen LogP) is 3.43. The molecule has 2 heterocycles. The van der Waals surface area contributed by atoms with Crippen molar-refractivity contribution in [2.45, 2.75) is 19.3 Å². The Labute approximate surface area is 169 Å². The van der Waals surface area contributed by atoms with Gasteiger partial charge in [0, 0.05) is 30.9 Å². The smallest absolute Gasteiger partial charge is 0.322 e. The highest BCUT2D eigenvalue weighted by Gasteiger charge is 2.21. The summed E-state index contributed by atoms with van der Waals surface area (Å²) in [7, 11) is 0. The summed E-state index contributed by atoms with van der Waals surface area (Å²) in [6.07, 6.45) is 4.24. The Bertz CT molecular complexity index is 864. The number of nitrogens with one attached hydrogen (secondary N) is 1. The van der Waals surface area contributed by atoms with Crippen LogP contribution in [0.2, 0.25) is 5.02 Å². The van der Waals surface area contributed by atoms with Crippen molar-refractivity contribution in [2.24, 2.45) is 0 Å². The lowest BCUT2D eigenvalue weighted by Gasteiger charge is -2.27. The van der Waals surface area contributed by atoms with Gasteiger partial charge in [0.25, 0.3) is 0 Å². The Balaban J connectivity index is 1.66. The van der Waals surface area contributed by atoms with Crippen molar-refractivity contribution in [3.8, 4) is 0 Å². The zero-order valence-corrected chi connectivity index (χ0v) is 16.5. The van der Waals surface area contributed by atoms with Crippen LogP contribution in [0.5, 0.6) is 0 Å². The molecule has 0 spiro atoms. The molecule has 0 fully saturated rings. The fraction of sp³-hybridized carbons (Fsp3) is 0.333. The average Bonchev–Trinajstić information content (AvgIpc) is 2.71. The van der Waals surface area contributed by atoms with Gasteiger partial charge in [-0.25, -0.2) is 4.79 Å². The van der Waals surface area contributed by atoms with Crippen LogP contribution in [0.25, 0.3) is 5.57 Å². The second-order valence-electron chi connectivity index (χ2n) is 6.88. The summed E-state index contributed by atoms with van der Waals surface area (Å²) in [5, 5.41) is 22.0. The maximum absolute atomic E-state index is 12.4. The molecular formula is C21H24ClN3O3. The third-order valence-corrected chi connectivity index (χ3v) is 5.17. The number of hydrogen-bond acceptors (Lipinski definition) is 4. The molecule has 7 heteroatoms. The van der Waals surface area contributed by atoms with Gasteiger partial charge >= 0.3 is 6.03 Å². The van der Waals surface area contributed by atoms with Crippen molar-refractivity contribution in [1.29, 1.82) is 0 Å². The van der Waals surface area contributed by atoms with E-state index in [9.17, 15) is 15.0 Å². The number of aryl methyl sites for hydroxylation is 1. The fourth-order valence-corrected chi connectivity index (χ4v) is 3.39. The van der Waals surface area contributed by atoms with Gasteiger partial charge in [0.2, 0.25) is 0 Å². The molecule has 0 atom stereocenters. The lowest BCUT2D eigenvalue weighted by molar-refractivity contribution is 0.192. The van der Waals surface area contributed by atoms with Crippen molar-refractivity contribution < 1.29 is 15.0 Å². The fourth-order valence-electron chi connectivity index (χ4n) is 3.09. The highest BCUT2D eigenvalue weighted by Crippen LogP contribution is 2.29. The molecule has 148 valence electrons. The number of anilines is 1. The van der Waals surface area contributed by atoms with Crippen LogP contribution < -0.4 is 5.32 Å². The van der Waals surface area contributed by atoms with E-state index in [0.717, 1.165) is 16.8 Å². The predicted molar refractivity (Wildman–Crippen MR) is 111 cm³/mol. The molecule has 3 N–H and O–H groups in total. The monoisotopic (exact) mass is 401 g/mol. The van der Waals surface area contributed by atoms with Crippen molar-refractivity contribution in [3.05, 3.63) is 64.4 Å². The summed E-state index contributed by atoms with van der Waals surface area (Å²) in [5.74, 6) is -0.389. The van der Waals surface area contributed by atoms with Gasteiger partial charge in [0.05, 0.1) is 23.9 Å². The zero-order valence-electron chi connectivity index (χ0n) is 15.7. The number of urea groups is 1. The number of aromatic nitrogens is 1. The van der Waals surface area contributed by atoms with Gasteiger partial charge < -0.3 is 20.4 Å². The molecule has 0 radical (unpaired) electrons. The van der Waals surface area contributed by atoms with E-state index in [2.05, 4.69) is 10.3 Å². The molecule has 1 aromatic carbocycles. The van der Waals surface area contributed by atoms with E-state index in [-0.39, 0.29) is 25.2 Å². The molecule has 0 aliphatic carbocycles. The maximum Gasteiger partial charge on any atom is 0.322 e. The first-order chi connectivity index (χ1) is 13.5. The molecule has 0 bridgehead atoms. The van der Waals surface area contributed by atoms with Crippen molar-refractivity contribution in [1.82, 2.24) is 9.88 Å². The quantitative estimate of drug-likeness (QED) is 0.716. The van der Waals surface area contributed by atoms with Gasteiger partial charge in [-0.05, 0) is 42.7 Å². The molecule has 0 unspecified atom stereocenters. The molecule has 1 aliphatic rings. The van der Waals surface area contributed by atoms with E-state index < -0.39 is 0 Å². The number of pyridine rings is 1. The van der Waals surface area contributed by atoms with E-state index >= 15 is 0 Å². The summed E-state index contributed by atoms with van der Waals surface area (Å²) >= 11 is 6.38. The van der Waals surface area contributed by atoms with E-state index in [0.29, 0.717) is 35.8 Å². The number of amides is 2. The standard InChI is InChI=1S/C21H24ClN3O3/c1-14-2-4-18(5-3-14)24-21(28)25-8-6-15(7-9-25)20-19(22)10-16(11-23-20)17(12-26)13-27/h2-6,10-11,17,26-27H,7-9,12-13H2,1H3,(H,24,28). The first-order valence-electron chi connectivity index (χ1n) is 9.21. The number of aliphatic hydroxyl groups is 2. The van der Waals surface area contributed by atoms with Crippen molar-refractivity contribution in [2.75, 3.05) is 31.6 Å². The SMILES string of the molecule is Cc1ccc(NC(=O)N2CC=C(c3ncc(C(CO)CO)cc3Cl)CC2)cc1. The van der Waals surface area contributed by atoms with Crippen LogP contribution in [0.1, 0.15) is 29.2 Å². The van der Waals surface area contributed by atoms with Crippen LogP contribution >= 0.6 is 11.6 Å². The first-order valence-corrected chi connectivity index (χ1v) is 9.58. The van der Waals surface area contributed by atoms with Crippen molar-refractivity contribution in [3.63, 3.8) is 0 Å². The van der Waals surface area contributed by atoms with Gasteiger partial charge in [0.1, 0.15) is 0 Å². The normalized spacial score (nSPS) is 14.2. The van der Waals surface area contributed by atoms with Gasteiger partial charge in [-0.15, -0.1) is 0 Å². The summed E-state index contributed by atoms with van der Waals surface area (Å²) in [6.45, 7) is 2.72. The molecule has 0 saturated heterocycles. The average molecular weight is 402 g/mol. The maximum atomic E-state index is 12.4. The molecule has 2 amide bonds.